The highest BCUT2D eigenvalue weighted by atomic mass is 32.1. The van der Waals surface area contributed by atoms with Crippen LogP contribution in [-0.4, -0.2) is 58.6 Å². The van der Waals surface area contributed by atoms with Crippen LogP contribution in [0.3, 0.4) is 0 Å². The second-order valence-corrected chi connectivity index (χ2v) is 10.1. The van der Waals surface area contributed by atoms with Crippen molar-refractivity contribution in [2.45, 2.75) is 39.5 Å². The summed E-state index contributed by atoms with van der Waals surface area (Å²) in [6, 6.07) is 5.93. The number of amides is 1. The van der Waals surface area contributed by atoms with Gasteiger partial charge in [0.05, 0.1) is 27.2 Å². The molecule has 7 heteroatoms. The van der Waals surface area contributed by atoms with E-state index >= 15 is 0 Å². The second kappa shape index (κ2) is 8.71. The zero-order chi connectivity index (χ0) is 21.4. The minimum Gasteiger partial charge on any atom is -0.339 e. The molecule has 0 unspecified atom stereocenters. The molecule has 2 aliphatic rings. The first-order valence-corrected chi connectivity index (χ1v) is 12.3. The van der Waals surface area contributed by atoms with Gasteiger partial charge in [0.15, 0.2) is 0 Å². The molecule has 0 radical (unpaired) electrons. The number of aromatic nitrogens is 2. The van der Waals surface area contributed by atoms with Gasteiger partial charge in [-0.3, -0.25) is 4.79 Å². The molecule has 3 aromatic rings. The Bertz CT molecular complexity index is 1050. The minimum atomic E-state index is 0.0711. The molecule has 5 heterocycles. The van der Waals surface area contributed by atoms with Crippen molar-refractivity contribution >= 4 is 28.3 Å². The third kappa shape index (κ3) is 4.26. The van der Waals surface area contributed by atoms with Gasteiger partial charge in [-0.25, -0.2) is 4.98 Å². The van der Waals surface area contributed by atoms with Crippen molar-refractivity contribution in [1.29, 1.82) is 0 Å². The number of nitrogens with zero attached hydrogens (tertiary/aromatic N) is 4. The molecule has 2 aliphatic heterocycles. The highest BCUT2D eigenvalue weighted by Crippen LogP contribution is 2.31. The molecule has 0 aliphatic carbocycles. The monoisotopic (exact) mass is 438 g/mol. The number of piperidine rings is 2. The summed E-state index contributed by atoms with van der Waals surface area (Å²) in [6.45, 7) is 9.51. The molecular weight excluding hydrogens is 408 g/mol. The molecule has 3 aromatic heterocycles. The van der Waals surface area contributed by atoms with E-state index in [2.05, 4.69) is 22.0 Å². The Labute approximate surface area is 187 Å². The number of thiophene rings is 1. The summed E-state index contributed by atoms with van der Waals surface area (Å²) in [5, 5.41) is 6.84. The number of fused-ring (bicyclic) bond motifs is 1. The fourth-order valence-electron chi connectivity index (χ4n) is 4.91. The van der Waals surface area contributed by atoms with Crippen molar-refractivity contribution in [3.63, 3.8) is 0 Å². The first kappa shape index (κ1) is 20.6. The van der Waals surface area contributed by atoms with Crippen molar-refractivity contribution in [2.24, 2.45) is 11.8 Å². The van der Waals surface area contributed by atoms with E-state index in [-0.39, 0.29) is 5.91 Å². The molecule has 0 spiro atoms. The predicted molar refractivity (Wildman–Crippen MR) is 123 cm³/mol. The molecule has 6 nitrogen and oxygen atoms in total. The van der Waals surface area contributed by atoms with Gasteiger partial charge in [-0.2, -0.15) is 0 Å². The van der Waals surface area contributed by atoms with E-state index in [9.17, 15) is 4.79 Å². The SMILES string of the molecule is Cc1noc2nc(-c3cccs3)cc(C(=O)N3CCC(CN4CCC(C)CC4)CC3)c12. The molecule has 0 saturated carbocycles. The summed E-state index contributed by atoms with van der Waals surface area (Å²) in [5.41, 5.74) is 2.60. The first-order valence-electron chi connectivity index (χ1n) is 11.4. The van der Waals surface area contributed by atoms with Crippen LogP contribution in [0.2, 0.25) is 0 Å². The van der Waals surface area contributed by atoms with Gasteiger partial charge in [-0.1, -0.05) is 18.1 Å². The topological polar surface area (TPSA) is 62.5 Å². The van der Waals surface area contributed by atoms with Crippen LogP contribution in [0.25, 0.3) is 21.7 Å². The number of aryl methyl sites for hydroxylation is 1. The highest BCUT2D eigenvalue weighted by molar-refractivity contribution is 7.13. The maximum atomic E-state index is 13.5. The fourth-order valence-corrected chi connectivity index (χ4v) is 5.60. The van der Waals surface area contributed by atoms with Gasteiger partial charge < -0.3 is 14.3 Å². The standard InChI is InChI=1S/C24H30N4O2S/c1-16-5-9-27(10-6-16)15-18-7-11-28(12-8-18)24(29)19-14-20(21-4-3-13-31-21)25-23-22(19)17(2)26-30-23/h3-4,13-14,16,18H,5-12,15H2,1-2H3. The summed E-state index contributed by atoms with van der Waals surface area (Å²) in [6.07, 6.45) is 4.79. The van der Waals surface area contributed by atoms with Crippen molar-refractivity contribution in [1.82, 2.24) is 19.9 Å². The molecule has 164 valence electrons. The largest absolute Gasteiger partial charge is 0.339 e. The van der Waals surface area contributed by atoms with E-state index in [1.54, 1.807) is 11.3 Å². The third-order valence-corrected chi connectivity index (χ3v) is 7.81. The number of hydrogen-bond acceptors (Lipinski definition) is 6. The van der Waals surface area contributed by atoms with Crippen molar-refractivity contribution < 1.29 is 9.32 Å². The van der Waals surface area contributed by atoms with E-state index < -0.39 is 0 Å². The average molecular weight is 439 g/mol. The number of rotatable bonds is 4. The quantitative estimate of drug-likeness (QED) is 0.583. The lowest BCUT2D eigenvalue weighted by Crippen LogP contribution is -2.43. The molecule has 1 amide bonds. The Balaban J connectivity index is 1.31. The van der Waals surface area contributed by atoms with Crippen LogP contribution in [0.4, 0.5) is 0 Å². The minimum absolute atomic E-state index is 0.0711. The molecule has 0 N–H and O–H groups in total. The van der Waals surface area contributed by atoms with E-state index in [0.717, 1.165) is 53.5 Å². The number of carbonyl (C=O) groups is 1. The summed E-state index contributed by atoms with van der Waals surface area (Å²) in [5.74, 6) is 1.63. The molecule has 31 heavy (non-hydrogen) atoms. The van der Waals surface area contributed by atoms with Crippen LogP contribution in [0.15, 0.2) is 28.1 Å². The van der Waals surface area contributed by atoms with E-state index in [1.807, 2.05) is 35.4 Å². The molecule has 2 fully saturated rings. The lowest BCUT2D eigenvalue weighted by Gasteiger charge is -2.37. The fraction of sp³-hybridized carbons (Fsp3) is 0.542. The lowest BCUT2D eigenvalue weighted by atomic mass is 9.93. The summed E-state index contributed by atoms with van der Waals surface area (Å²) in [7, 11) is 0. The second-order valence-electron chi connectivity index (χ2n) is 9.20. The van der Waals surface area contributed by atoms with Crippen molar-refractivity contribution in [3.8, 4) is 10.6 Å². The number of pyridine rings is 1. The average Bonchev–Trinajstić information content (AvgIpc) is 3.45. The number of likely N-dealkylation sites (tertiary alicyclic amines) is 2. The van der Waals surface area contributed by atoms with Gasteiger partial charge in [-0.05, 0) is 75.0 Å². The van der Waals surface area contributed by atoms with Crippen molar-refractivity contribution in [2.75, 3.05) is 32.7 Å². The maximum absolute atomic E-state index is 13.5. The Kier molecular flexibility index (Phi) is 5.80. The van der Waals surface area contributed by atoms with E-state index in [1.165, 1.54) is 32.5 Å². The predicted octanol–water partition coefficient (Wildman–Crippen LogP) is 4.84. The lowest BCUT2D eigenvalue weighted by molar-refractivity contribution is 0.0655. The zero-order valence-corrected chi connectivity index (χ0v) is 19.2. The van der Waals surface area contributed by atoms with Crippen LogP contribution in [0.1, 0.15) is 48.7 Å². The number of carbonyl (C=O) groups excluding carboxylic acids is 1. The van der Waals surface area contributed by atoms with Gasteiger partial charge in [0.1, 0.15) is 0 Å². The maximum Gasteiger partial charge on any atom is 0.259 e. The van der Waals surface area contributed by atoms with Gasteiger partial charge in [0, 0.05) is 19.6 Å². The highest BCUT2D eigenvalue weighted by Gasteiger charge is 2.28. The van der Waals surface area contributed by atoms with E-state index in [0.29, 0.717) is 17.2 Å². The van der Waals surface area contributed by atoms with Gasteiger partial charge in [0.25, 0.3) is 11.6 Å². The third-order valence-electron chi connectivity index (χ3n) is 6.92. The van der Waals surface area contributed by atoms with E-state index in [4.69, 9.17) is 4.52 Å². The smallest absolute Gasteiger partial charge is 0.259 e. The Morgan fingerprint density at radius 3 is 2.68 bits per heavy atom. The summed E-state index contributed by atoms with van der Waals surface area (Å²) in [4.78, 5) is 23.8. The Hall–Kier alpha value is -2.25. The molecular formula is C24H30N4O2S. The summed E-state index contributed by atoms with van der Waals surface area (Å²) < 4.78 is 5.44. The molecule has 5 rings (SSSR count). The Morgan fingerprint density at radius 1 is 1.19 bits per heavy atom. The van der Waals surface area contributed by atoms with Gasteiger partial charge in [-0.15, -0.1) is 11.3 Å². The van der Waals surface area contributed by atoms with Crippen LogP contribution in [0, 0.1) is 18.8 Å². The molecule has 0 aromatic carbocycles. The van der Waals surface area contributed by atoms with Crippen LogP contribution in [-0.2, 0) is 0 Å². The zero-order valence-electron chi connectivity index (χ0n) is 18.3. The van der Waals surface area contributed by atoms with Crippen LogP contribution in [0.5, 0.6) is 0 Å². The normalized spacial score (nSPS) is 19.4. The summed E-state index contributed by atoms with van der Waals surface area (Å²) >= 11 is 1.61. The van der Waals surface area contributed by atoms with Crippen LogP contribution < -0.4 is 0 Å². The first-order chi connectivity index (χ1) is 15.1. The van der Waals surface area contributed by atoms with Gasteiger partial charge in [0.2, 0.25) is 0 Å². The Morgan fingerprint density at radius 2 is 1.97 bits per heavy atom. The molecule has 0 atom stereocenters. The van der Waals surface area contributed by atoms with Gasteiger partial charge >= 0.3 is 0 Å². The number of hydrogen-bond donors (Lipinski definition) is 0. The van der Waals surface area contributed by atoms with Crippen LogP contribution >= 0.6 is 11.3 Å². The van der Waals surface area contributed by atoms with Crippen molar-refractivity contribution in [3.05, 3.63) is 34.8 Å². The molecule has 0 bridgehead atoms. The molecule has 2 saturated heterocycles.